The van der Waals surface area contributed by atoms with Gasteiger partial charge in [0, 0.05) is 34.3 Å². The summed E-state index contributed by atoms with van der Waals surface area (Å²) in [7, 11) is 0. The van der Waals surface area contributed by atoms with Crippen LogP contribution in [0.1, 0.15) is 40.1 Å². The van der Waals surface area contributed by atoms with E-state index in [1.165, 1.54) is 28.6 Å². The molecule has 1 aromatic carbocycles. The number of alkyl halides is 1. The van der Waals surface area contributed by atoms with Crippen LogP contribution < -0.4 is 10.2 Å². The average Bonchev–Trinajstić information content (AvgIpc) is 3.31. The fourth-order valence-electron chi connectivity index (χ4n) is 3.82. The lowest BCUT2D eigenvalue weighted by Gasteiger charge is -2.30. The zero-order valence-electron chi connectivity index (χ0n) is 14.4. The quantitative estimate of drug-likeness (QED) is 0.687. The number of rotatable bonds is 3. The molecule has 2 aromatic heterocycles. The first-order valence-corrected chi connectivity index (χ1v) is 9.56. The summed E-state index contributed by atoms with van der Waals surface area (Å²) in [5.41, 5.74) is 1.04. The predicted molar refractivity (Wildman–Crippen MR) is 99.8 cm³/mol. The van der Waals surface area contributed by atoms with Gasteiger partial charge in [0.1, 0.15) is 11.0 Å². The summed E-state index contributed by atoms with van der Waals surface area (Å²) in [5, 5.41) is 5.34. The molecule has 9 heteroatoms. The van der Waals surface area contributed by atoms with E-state index in [-0.39, 0.29) is 30.3 Å². The number of aromatic nitrogens is 2. The number of thiazole rings is 1. The fraction of sp³-hybridized carbons (Fsp3) is 0.211. The van der Waals surface area contributed by atoms with E-state index in [1.807, 2.05) is 0 Å². The first kappa shape index (κ1) is 16.9. The molecule has 140 valence electrons. The lowest BCUT2D eigenvalue weighted by molar-refractivity contribution is -0.134. The number of hydrogen-bond acceptors (Lipinski definition) is 6. The molecule has 28 heavy (non-hydrogen) atoms. The van der Waals surface area contributed by atoms with E-state index < -0.39 is 18.1 Å². The first-order chi connectivity index (χ1) is 13.6. The number of pyridine rings is 1. The minimum atomic E-state index is -1.51. The Morgan fingerprint density at radius 3 is 2.86 bits per heavy atom. The van der Waals surface area contributed by atoms with E-state index in [0.717, 1.165) is 0 Å². The van der Waals surface area contributed by atoms with Crippen molar-refractivity contribution in [2.24, 2.45) is 0 Å². The Morgan fingerprint density at radius 2 is 2.11 bits per heavy atom. The molecule has 2 unspecified atom stereocenters. The molecule has 3 amide bonds. The van der Waals surface area contributed by atoms with Crippen LogP contribution in [0.15, 0.2) is 36.0 Å². The number of amides is 3. The molecule has 0 saturated carbocycles. The Hall–Kier alpha value is -3.20. The maximum absolute atomic E-state index is 15.1. The molecule has 0 spiro atoms. The molecule has 1 N–H and O–H groups in total. The van der Waals surface area contributed by atoms with Crippen LogP contribution in [0.4, 0.5) is 10.1 Å². The number of benzene rings is 1. The first-order valence-electron chi connectivity index (χ1n) is 8.68. The highest BCUT2D eigenvalue weighted by Crippen LogP contribution is 2.42. The number of carbonyl (C=O) groups is 3. The van der Waals surface area contributed by atoms with Crippen molar-refractivity contribution < 1.29 is 18.8 Å². The molecular weight excluding hydrogens is 383 g/mol. The van der Waals surface area contributed by atoms with E-state index in [0.29, 0.717) is 27.0 Å². The van der Waals surface area contributed by atoms with Crippen molar-refractivity contribution >= 4 is 45.5 Å². The normalized spacial score (nSPS) is 20.0. The standard InChI is InChI=1S/C19H13FN4O3S/c20-15(18-21-6-7-28-18)16-9-2-1-3-10-14(9)12(8-22-16)24(19(10)27)11-4-5-13(25)23-17(11)26/h1-3,6-8,11,15H,4-5H2,(H,23,25,26). The number of hydrogen-bond donors (Lipinski definition) is 1. The van der Waals surface area contributed by atoms with Gasteiger partial charge in [-0.3, -0.25) is 29.6 Å². The number of piperidine rings is 1. The van der Waals surface area contributed by atoms with Gasteiger partial charge in [-0.1, -0.05) is 12.1 Å². The van der Waals surface area contributed by atoms with Crippen LogP contribution in [0.25, 0.3) is 10.8 Å². The molecule has 0 radical (unpaired) electrons. The van der Waals surface area contributed by atoms with Crippen LogP contribution in [0.5, 0.6) is 0 Å². The highest BCUT2D eigenvalue weighted by Gasteiger charge is 2.41. The molecule has 2 atom stereocenters. The highest BCUT2D eigenvalue weighted by molar-refractivity contribution is 7.09. The fourth-order valence-corrected chi connectivity index (χ4v) is 4.44. The molecule has 3 aromatic rings. The minimum Gasteiger partial charge on any atom is -0.295 e. The molecule has 7 nitrogen and oxygen atoms in total. The summed E-state index contributed by atoms with van der Waals surface area (Å²) in [6, 6.07) is 4.24. The summed E-state index contributed by atoms with van der Waals surface area (Å²) >= 11 is 1.19. The molecule has 2 aliphatic rings. The van der Waals surface area contributed by atoms with Gasteiger partial charge in [0.05, 0.1) is 17.6 Å². The Kier molecular flexibility index (Phi) is 3.73. The number of anilines is 1. The van der Waals surface area contributed by atoms with Crippen LogP contribution >= 0.6 is 11.3 Å². The van der Waals surface area contributed by atoms with Crippen LogP contribution in [0.2, 0.25) is 0 Å². The zero-order chi connectivity index (χ0) is 19.4. The molecule has 0 aliphatic carbocycles. The lowest BCUT2D eigenvalue weighted by atomic mass is 10.0. The van der Waals surface area contributed by atoms with Crippen LogP contribution in [-0.4, -0.2) is 33.7 Å². The Balaban J connectivity index is 1.65. The van der Waals surface area contributed by atoms with Crippen molar-refractivity contribution in [2.75, 3.05) is 4.90 Å². The summed E-state index contributed by atoms with van der Waals surface area (Å²) in [5.74, 6) is -1.22. The van der Waals surface area contributed by atoms with Crippen molar-refractivity contribution in [1.82, 2.24) is 15.3 Å². The second-order valence-electron chi connectivity index (χ2n) is 6.63. The van der Waals surface area contributed by atoms with Gasteiger partial charge < -0.3 is 0 Å². The topological polar surface area (TPSA) is 92.3 Å². The summed E-state index contributed by atoms with van der Waals surface area (Å²) in [4.78, 5) is 46.5. The van der Waals surface area contributed by atoms with Crippen molar-refractivity contribution in [3.63, 3.8) is 0 Å². The predicted octanol–water partition coefficient (Wildman–Crippen LogP) is 2.52. The van der Waals surface area contributed by atoms with Gasteiger partial charge in [-0.15, -0.1) is 11.3 Å². The number of nitrogens with one attached hydrogen (secondary N) is 1. The number of halogens is 1. The SMILES string of the molecule is O=C1CCC(N2C(=O)c3cccc4c(C(F)c5nccs5)ncc2c34)C(=O)N1. The third kappa shape index (κ3) is 2.36. The zero-order valence-corrected chi connectivity index (χ0v) is 15.2. The molecule has 4 heterocycles. The van der Waals surface area contributed by atoms with Gasteiger partial charge in [0.25, 0.3) is 5.91 Å². The lowest BCUT2D eigenvalue weighted by Crippen LogP contribution is -2.53. The summed E-state index contributed by atoms with van der Waals surface area (Å²) < 4.78 is 15.1. The van der Waals surface area contributed by atoms with E-state index in [9.17, 15) is 14.4 Å². The van der Waals surface area contributed by atoms with E-state index in [2.05, 4.69) is 15.3 Å². The van der Waals surface area contributed by atoms with E-state index in [4.69, 9.17) is 0 Å². The van der Waals surface area contributed by atoms with Gasteiger partial charge >= 0.3 is 0 Å². The number of nitrogens with zero attached hydrogens (tertiary/aromatic N) is 3. The Morgan fingerprint density at radius 1 is 1.25 bits per heavy atom. The molecule has 0 bridgehead atoms. The third-order valence-corrected chi connectivity index (χ3v) is 5.87. The molecular formula is C19H13FN4O3S. The summed E-state index contributed by atoms with van der Waals surface area (Å²) in [6.07, 6.45) is 1.83. The average molecular weight is 396 g/mol. The van der Waals surface area contributed by atoms with Gasteiger partial charge in [0.15, 0.2) is 6.17 Å². The number of imide groups is 1. The van der Waals surface area contributed by atoms with Gasteiger partial charge in [0.2, 0.25) is 11.8 Å². The van der Waals surface area contributed by atoms with Crippen molar-refractivity contribution in [1.29, 1.82) is 0 Å². The largest absolute Gasteiger partial charge is 0.295 e. The van der Waals surface area contributed by atoms with Crippen LogP contribution in [0, 0.1) is 0 Å². The van der Waals surface area contributed by atoms with Crippen molar-refractivity contribution in [3.05, 3.63) is 52.2 Å². The van der Waals surface area contributed by atoms with Crippen LogP contribution in [-0.2, 0) is 9.59 Å². The van der Waals surface area contributed by atoms with E-state index >= 15 is 4.39 Å². The van der Waals surface area contributed by atoms with Crippen molar-refractivity contribution in [3.8, 4) is 0 Å². The van der Waals surface area contributed by atoms with E-state index in [1.54, 1.807) is 23.6 Å². The highest BCUT2D eigenvalue weighted by atomic mass is 32.1. The van der Waals surface area contributed by atoms with Gasteiger partial charge in [-0.25, -0.2) is 9.37 Å². The second kappa shape index (κ2) is 6.16. The van der Waals surface area contributed by atoms with Gasteiger partial charge in [-0.2, -0.15) is 0 Å². The second-order valence-corrected chi connectivity index (χ2v) is 7.56. The minimum absolute atomic E-state index is 0.155. The summed E-state index contributed by atoms with van der Waals surface area (Å²) in [6.45, 7) is 0. The molecule has 1 fully saturated rings. The smallest absolute Gasteiger partial charge is 0.259 e. The monoisotopic (exact) mass is 396 g/mol. The maximum Gasteiger partial charge on any atom is 0.259 e. The Labute approximate surface area is 162 Å². The third-order valence-electron chi connectivity index (χ3n) is 5.06. The molecule has 2 aliphatic heterocycles. The molecule has 5 rings (SSSR count). The van der Waals surface area contributed by atoms with Gasteiger partial charge in [-0.05, 0) is 12.5 Å². The van der Waals surface area contributed by atoms with Crippen molar-refractivity contribution in [2.45, 2.75) is 25.1 Å². The van der Waals surface area contributed by atoms with Crippen LogP contribution in [0.3, 0.4) is 0 Å². The molecule has 1 saturated heterocycles. The maximum atomic E-state index is 15.1. The Bertz CT molecular complexity index is 1150. The number of carbonyl (C=O) groups excluding carboxylic acids is 3.